The third-order valence-corrected chi connectivity index (χ3v) is 4.45. The molecule has 0 aliphatic carbocycles. The number of likely N-dealkylation sites (tertiary alicyclic amines) is 1. The van der Waals surface area contributed by atoms with Crippen molar-refractivity contribution < 1.29 is 14.3 Å². The molecule has 1 N–H and O–H groups in total. The second-order valence-corrected chi connectivity index (χ2v) is 6.07. The molecule has 2 aliphatic heterocycles. The standard InChI is InChI=1S/C17H18N4O3/c22-16-11-24-15-5-4-12(9-14(15)19-16)17(23)21-8-1-3-13(21)10-20-7-2-6-18-20/h2,4-7,9,13H,1,3,8,10-11H2,(H,19,22). The maximum Gasteiger partial charge on any atom is 0.262 e. The lowest BCUT2D eigenvalue weighted by molar-refractivity contribution is -0.118. The van der Waals surface area contributed by atoms with Gasteiger partial charge in [0.25, 0.3) is 11.8 Å². The van der Waals surface area contributed by atoms with E-state index in [1.165, 1.54) is 0 Å². The second kappa shape index (κ2) is 5.99. The molecule has 1 aromatic carbocycles. The number of nitrogens with one attached hydrogen (secondary N) is 1. The molecule has 1 unspecified atom stereocenters. The topological polar surface area (TPSA) is 76.5 Å². The van der Waals surface area contributed by atoms with E-state index in [0.29, 0.717) is 23.5 Å². The fourth-order valence-electron chi connectivity index (χ4n) is 3.30. The maximum absolute atomic E-state index is 12.9. The van der Waals surface area contributed by atoms with Crippen molar-refractivity contribution in [2.75, 3.05) is 18.5 Å². The molecule has 2 aliphatic rings. The molecule has 0 radical (unpaired) electrons. The summed E-state index contributed by atoms with van der Waals surface area (Å²) in [6.07, 6.45) is 5.61. The zero-order valence-electron chi connectivity index (χ0n) is 13.1. The van der Waals surface area contributed by atoms with E-state index in [0.717, 1.165) is 19.4 Å². The van der Waals surface area contributed by atoms with Crippen LogP contribution in [0.5, 0.6) is 5.75 Å². The van der Waals surface area contributed by atoms with Gasteiger partial charge in [0.1, 0.15) is 5.75 Å². The maximum atomic E-state index is 12.9. The van der Waals surface area contributed by atoms with Crippen LogP contribution in [0.15, 0.2) is 36.7 Å². The summed E-state index contributed by atoms with van der Waals surface area (Å²) in [4.78, 5) is 26.2. The van der Waals surface area contributed by atoms with Crippen LogP contribution in [0, 0.1) is 0 Å². The summed E-state index contributed by atoms with van der Waals surface area (Å²) >= 11 is 0. The molecule has 2 aromatic rings. The first-order valence-corrected chi connectivity index (χ1v) is 8.06. The second-order valence-electron chi connectivity index (χ2n) is 6.07. The number of carbonyl (C=O) groups is 2. The van der Waals surface area contributed by atoms with Crippen molar-refractivity contribution in [3.05, 3.63) is 42.2 Å². The number of benzene rings is 1. The molecule has 24 heavy (non-hydrogen) atoms. The first kappa shape index (κ1) is 14.7. The molecular weight excluding hydrogens is 308 g/mol. The van der Waals surface area contributed by atoms with Crippen molar-refractivity contribution in [2.45, 2.75) is 25.4 Å². The van der Waals surface area contributed by atoms with E-state index in [4.69, 9.17) is 4.74 Å². The predicted molar refractivity (Wildman–Crippen MR) is 86.9 cm³/mol. The quantitative estimate of drug-likeness (QED) is 0.928. The summed E-state index contributed by atoms with van der Waals surface area (Å²) < 4.78 is 7.20. The van der Waals surface area contributed by atoms with Gasteiger partial charge in [-0.15, -0.1) is 0 Å². The van der Waals surface area contributed by atoms with E-state index in [1.54, 1.807) is 24.4 Å². The van der Waals surface area contributed by atoms with Crippen LogP contribution in [0.1, 0.15) is 23.2 Å². The highest BCUT2D eigenvalue weighted by molar-refractivity contribution is 6.00. The van der Waals surface area contributed by atoms with Gasteiger partial charge in [0, 0.05) is 24.5 Å². The minimum atomic E-state index is -0.204. The van der Waals surface area contributed by atoms with E-state index >= 15 is 0 Å². The smallest absolute Gasteiger partial charge is 0.262 e. The number of aromatic nitrogens is 2. The predicted octanol–water partition coefficient (Wildman–Crippen LogP) is 1.52. The van der Waals surface area contributed by atoms with Crippen molar-refractivity contribution in [3.8, 4) is 5.75 Å². The zero-order chi connectivity index (χ0) is 16.5. The Kier molecular flexibility index (Phi) is 3.68. The van der Waals surface area contributed by atoms with Gasteiger partial charge in [0.05, 0.1) is 18.3 Å². The van der Waals surface area contributed by atoms with E-state index in [-0.39, 0.29) is 24.5 Å². The largest absolute Gasteiger partial charge is 0.482 e. The van der Waals surface area contributed by atoms with E-state index in [1.807, 2.05) is 21.8 Å². The lowest BCUT2D eigenvalue weighted by Crippen LogP contribution is -2.38. The molecule has 2 amide bonds. The number of rotatable bonds is 3. The van der Waals surface area contributed by atoms with Gasteiger partial charge < -0.3 is 15.0 Å². The Bertz CT molecular complexity index is 772. The summed E-state index contributed by atoms with van der Waals surface area (Å²) in [6.45, 7) is 1.45. The molecule has 1 saturated heterocycles. The highest BCUT2D eigenvalue weighted by atomic mass is 16.5. The molecule has 1 fully saturated rings. The summed E-state index contributed by atoms with van der Waals surface area (Å²) in [5, 5.41) is 6.97. The summed E-state index contributed by atoms with van der Waals surface area (Å²) in [5.41, 5.74) is 1.12. The number of hydrogen-bond acceptors (Lipinski definition) is 4. The molecule has 124 valence electrons. The Morgan fingerprint density at radius 2 is 2.33 bits per heavy atom. The monoisotopic (exact) mass is 326 g/mol. The summed E-state index contributed by atoms with van der Waals surface area (Å²) in [5.74, 6) is 0.373. The lowest BCUT2D eigenvalue weighted by Gasteiger charge is -2.25. The van der Waals surface area contributed by atoms with Gasteiger partial charge in [-0.1, -0.05) is 0 Å². The lowest BCUT2D eigenvalue weighted by atomic mass is 10.1. The average molecular weight is 326 g/mol. The molecule has 0 saturated carbocycles. The SMILES string of the molecule is O=C1COc2ccc(C(=O)N3CCCC3Cn3cccn3)cc2N1. The number of fused-ring (bicyclic) bond motifs is 1. The van der Waals surface area contributed by atoms with Gasteiger partial charge in [-0.25, -0.2) is 0 Å². The number of amides is 2. The molecule has 0 bridgehead atoms. The molecule has 1 atom stereocenters. The van der Waals surface area contributed by atoms with Crippen molar-refractivity contribution in [1.82, 2.24) is 14.7 Å². The van der Waals surface area contributed by atoms with Crippen molar-refractivity contribution in [2.24, 2.45) is 0 Å². The van der Waals surface area contributed by atoms with Crippen molar-refractivity contribution >= 4 is 17.5 Å². The van der Waals surface area contributed by atoms with Crippen LogP contribution in [-0.2, 0) is 11.3 Å². The molecule has 7 heteroatoms. The van der Waals surface area contributed by atoms with Gasteiger partial charge in [0.15, 0.2) is 6.61 Å². The van der Waals surface area contributed by atoms with Gasteiger partial charge in [-0.2, -0.15) is 5.10 Å². The number of nitrogens with zero attached hydrogens (tertiary/aromatic N) is 3. The molecule has 7 nitrogen and oxygen atoms in total. The Morgan fingerprint density at radius 3 is 3.17 bits per heavy atom. The fourth-order valence-corrected chi connectivity index (χ4v) is 3.30. The molecule has 1 aromatic heterocycles. The van der Waals surface area contributed by atoms with Crippen LogP contribution in [-0.4, -0.2) is 45.7 Å². The Labute approximate surface area is 139 Å². The molecule has 0 spiro atoms. The number of hydrogen-bond donors (Lipinski definition) is 1. The highest BCUT2D eigenvalue weighted by Gasteiger charge is 2.30. The van der Waals surface area contributed by atoms with Gasteiger partial charge in [-0.05, 0) is 37.1 Å². The molecular formula is C17H18N4O3. The van der Waals surface area contributed by atoms with Crippen LogP contribution in [0.3, 0.4) is 0 Å². The van der Waals surface area contributed by atoms with Crippen LogP contribution in [0.2, 0.25) is 0 Å². The van der Waals surface area contributed by atoms with Gasteiger partial charge >= 0.3 is 0 Å². The van der Waals surface area contributed by atoms with E-state index in [2.05, 4.69) is 10.4 Å². The first-order chi connectivity index (χ1) is 11.7. The summed E-state index contributed by atoms with van der Waals surface area (Å²) in [7, 11) is 0. The van der Waals surface area contributed by atoms with Crippen LogP contribution >= 0.6 is 0 Å². The van der Waals surface area contributed by atoms with E-state index < -0.39 is 0 Å². The minimum Gasteiger partial charge on any atom is -0.482 e. The Hall–Kier alpha value is -2.83. The fraction of sp³-hybridized carbons (Fsp3) is 0.353. The number of anilines is 1. The minimum absolute atomic E-state index is 0.0123. The summed E-state index contributed by atoms with van der Waals surface area (Å²) in [6, 6.07) is 7.20. The van der Waals surface area contributed by atoms with Gasteiger partial charge in [0.2, 0.25) is 0 Å². The third kappa shape index (κ3) is 2.73. The first-order valence-electron chi connectivity index (χ1n) is 8.06. The average Bonchev–Trinajstić information content (AvgIpc) is 3.26. The third-order valence-electron chi connectivity index (χ3n) is 4.45. The van der Waals surface area contributed by atoms with E-state index in [9.17, 15) is 9.59 Å². The normalized spacial score (nSPS) is 19.6. The number of ether oxygens (including phenoxy) is 1. The van der Waals surface area contributed by atoms with Crippen molar-refractivity contribution in [3.63, 3.8) is 0 Å². The number of carbonyl (C=O) groups excluding carboxylic acids is 2. The molecule has 4 rings (SSSR count). The Morgan fingerprint density at radius 1 is 1.42 bits per heavy atom. The highest BCUT2D eigenvalue weighted by Crippen LogP contribution is 2.30. The zero-order valence-corrected chi connectivity index (χ0v) is 13.1. The van der Waals surface area contributed by atoms with Crippen LogP contribution in [0.25, 0.3) is 0 Å². The van der Waals surface area contributed by atoms with Crippen LogP contribution in [0.4, 0.5) is 5.69 Å². The molecule has 3 heterocycles. The Balaban J connectivity index is 1.54. The van der Waals surface area contributed by atoms with Crippen LogP contribution < -0.4 is 10.1 Å². The van der Waals surface area contributed by atoms with Crippen molar-refractivity contribution in [1.29, 1.82) is 0 Å². The van der Waals surface area contributed by atoms with Gasteiger partial charge in [-0.3, -0.25) is 14.3 Å².